The van der Waals surface area contributed by atoms with Crippen molar-refractivity contribution in [3.05, 3.63) is 41.5 Å². The van der Waals surface area contributed by atoms with Gasteiger partial charge in [0.25, 0.3) is 0 Å². The number of nitrogens with zero attached hydrogens (tertiary/aromatic N) is 2. The zero-order valence-corrected chi connectivity index (χ0v) is 34.8. The van der Waals surface area contributed by atoms with E-state index in [0.29, 0.717) is 65.1 Å². The van der Waals surface area contributed by atoms with Crippen molar-refractivity contribution in [2.75, 3.05) is 58.9 Å². The Morgan fingerprint density at radius 1 is 0.942 bits per heavy atom. The highest BCUT2D eigenvalue weighted by Crippen LogP contribution is 2.76. The quantitative estimate of drug-likeness (QED) is 0.210. The Bertz CT molecular complexity index is 1640. The first-order valence-electron chi connectivity index (χ1n) is 20.7. The molecule has 290 valence electrons. The monoisotopic (exact) mass is 735 g/mol. The van der Waals surface area contributed by atoms with Crippen molar-refractivity contribution < 1.29 is 13.2 Å². The standard InChI is InChI=1S/C44H70N4O3S/c1-30(47(7)8)33-16-21-44(46-24-25-48-26-28-52(49,50)29-27-48)23-22-42(5)35(38(33)44)14-15-37-41(4)19-17-34(31-10-12-32(13-11-31)39(45)51-9)40(2,3)36(41)18-20-43(37,42)6/h10-13,17,30,33,35-38,45-46H,14-16,18-29H2,1-9H3/t30?,33-,35+,36-,37+,38+,41-,42+,43+,44-/m0/s1. The van der Waals surface area contributed by atoms with Crippen LogP contribution in [0.2, 0.25) is 0 Å². The number of hydrogen-bond donors (Lipinski definition) is 2. The average molecular weight is 735 g/mol. The average Bonchev–Trinajstić information content (AvgIpc) is 3.48. The van der Waals surface area contributed by atoms with E-state index in [1.807, 2.05) is 0 Å². The van der Waals surface area contributed by atoms with Crippen LogP contribution in [0.3, 0.4) is 0 Å². The summed E-state index contributed by atoms with van der Waals surface area (Å²) in [6.07, 6.45) is 14.2. The molecule has 4 saturated carbocycles. The molecule has 7 rings (SSSR count). The summed E-state index contributed by atoms with van der Waals surface area (Å²) in [4.78, 5) is 4.87. The fourth-order valence-electron chi connectivity index (χ4n) is 14.3. The molecule has 8 heteroatoms. The van der Waals surface area contributed by atoms with E-state index < -0.39 is 9.84 Å². The van der Waals surface area contributed by atoms with Crippen LogP contribution in [-0.4, -0.2) is 94.6 Å². The summed E-state index contributed by atoms with van der Waals surface area (Å²) < 4.78 is 29.4. The number of ether oxygens (including phenoxy) is 1. The van der Waals surface area contributed by atoms with Gasteiger partial charge in [0.05, 0.1) is 18.6 Å². The molecule has 1 saturated heterocycles. The molecule has 0 aromatic heterocycles. The molecule has 0 radical (unpaired) electrons. The van der Waals surface area contributed by atoms with Gasteiger partial charge in [-0.3, -0.25) is 5.41 Å². The summed E-state index contributed by atoms with van der Waals surface area (Å²) >= 11 is 0. The van der Waals surface area contributed by atoms with Crippen molar-refractivity contribution >= 4 is 21.3 Å². The van der Waals surface area contributed by atoms with Gasteiger partial charge in [-0.1, -0.05) is 52.8 Å². The van der Waals surface area contributed by atoms with Gasteiger partial charge in [-0.05, 0) is 153 Å². The summed E-state index contributed by atoms with van der Waals surface area (Å²) in [5.74, 6) is 4.28. The van der Waals surface area contributed by atoms with Crippen molar-refractivity contribution in [3.8, 4) is 0 Å². The van der Waals surface area contributed by atoms with Crippen LogP contribution in [0.25, 0.3) is 5.57 Å². The molecule has 1 aromatic rings. The van der Waals surface area contributed by atoms with Crippen molar-refractivity contribution in [2.24, 2.45) is 51.2 Å². The maximum Gasteiger partial charge on any atom is 0.212 e. The number of nitrogens with one attached hydrogen (secondary N) is 2. The maximum atomic E-state index is 12.1. The highest BCUT2D eigenvalue weighted by Gasteiger charge is 2.70. The number of fused-ring (bicyclic) bond motifs is 7. The molecule has 2 N–H and O–H groups in total. The van der Waals surface area contributed by atoms with Crippen molar-refractivity contribution in [3.63, 3.8) is 0 Å². The van der Waals surface area contributed by atoms with Crippen LogP contribution in [0, 0.1) is 56.7 Å². The fourth-order valence-corrected chi connectivity index (χ4v) is 15.6. The molecule has 5 aliphatic carbocycles. The second-order valence-electron chi connectivity index (χ2n) is 19.8. The Kier molecular flexibility index (Phi) is 9.99. The van der Waals surface area contributed by atoms with Crippen LogP contribution in [0.4, 0.5) is 0 Å². The van der Waals surface area contributed by atoms with E-state index in [1.54, 1.807) is 7.11 Å². The van der Waals surface area contributed by atoms with Crippen molar-refractivity contribution in [1.82, 2.24) is 15.1 Å². The normalized spacial score (nSPS) is 41.6. The Morgan fingerprint density at radius 3 is 2.29 bits per heavy atom. The van der Waals surface area contributed by atoms with Crippen LogP contribution < -0.4 is 5.32 Å². The summed E-state index contributed by atoms with van der Waals surface area (Å²) in [5.41, 5.74) is 4.77. The number of rotatable bonds is 8. The molecule has 1 unspecified atom stereocenters. The molecule has 1 aromatic carbocycles. The van der Waals surface area contributed by atoms with E-state index in [4.69, 9.17) is 10.1 Å². The van der Waals surface area contributed by atoms with E-state index in [2.05, 4.69) is 101 Å². The Morgan fingerprint density at radius 2 is 1.63 bits per heavy atom. The second-order valence-corrected chi connectivity index (χ2v) is 22.1. The summed E-state index contributed by atoms with van der Waals surface area (Å²) in [7, 11) is 3.29. The summed E-state index contributed by atoms with van der Waals surface area (Å²) in [6.45, 7) is 19.0. The third-order valence-corrected chi connectivity index (χ3v) is 19.1. The lowest BCUT2D eigenvalue weighted by Crippen LogP contribution is -2.68. The van der Waals surface area contributed by atoms with Crippen LogP contribution in [-0.2, 0) is 14.6 Å². The minimum atomic E-state index is -2.86. The number of allylic oxidation sites excluding steroid dienone is 2. The van der Waals surface area contributed by atoms with Crippen LogP contribution in [0.1, 0.15) is 110 Å². The number of sulfone groups is 1. The van der Waals surface area contributed by atoms with E-state index in [-0.39, 0.29) is 22.3 Å². The van der Waals surface area contributed by atoms with Gasteiger partial charge in [0.15, 0.2) is 9.84 Å². The number of hydrogen-bond acceptors (Lipinski definition) is 7. The van der Waals surface area contributed by atoms with Gasteiger partial charge < -0.3 is 19.9 Å². The van der Waals surface area contributed by atoms with Crippen LogP contribution in [0.5, 0.6) is 0 Å². The predicted octanol–water partition coefficient (Wildman–Crippen LogP) is 7.76. The van der Waals surface area contributed by atoms with Crippen LogP contribution in [0.15, 0.2) is 30.3 Å². The summed E-state index contributed by atoms with van der Waals surface area (Å²) in [6, 6.07) is 9.09. The lowest BCUT2D eigenvalue weighted by molar-refractivity contribution is -0.221. The van der Waals surface area contributed by atoms with Gasteiger partial charge in [0.1, 0.15) is 0 Å². The molecule has 0 bridgehead atoms. The largest absolute Gasteiger partial charge is 0.481 e. The second kappa shape index (κ2) is 13.5. The Labute approximate surface area is 316 Å². The zero-order valence-electron chi connectivity index (χ0n) is 34.0. The maximum absolute atomic E-state index is 12.1. The van der Waals surface area contributed by atoms with E-state index >= 15 is 0 Å². The lowest BCUT2D eigenvalue weighted by Gasteiger charge is -2.72. The van der Waals surface area contributed by atoms with Gasteiger partial charge in [-0.15, -0.1) is 0 Å². The smallest absolute Gasteiger partial charge is 0.212 e. The molecular formula is C44H70N4O3S. The minimum absolute atomic E-state index is 0.0736. The lowest BCUT2D eigenvalue weighted by atomic mass is 9.33. The topological polar surface area (TPSA) is 85.7 Å². The molecule has 5 fully saturated rings. The van der Waals surface area contributed by atoms with Gasteiger partial charge in [0.2, 0.25) is 5.90 Å². The minimum Gasteiger partial charge on any atom is -0.481 e. The molecular weight excluding hydrogens is 665 g/mol. The van der Waals surface area contributed by atoms with Gasteiger partial charge in [-0.25, -0.2) is 8.42 Å². The third-order valence-electron chi connectivity index (χ3n) is 17.5. The first-order chi connectivity index (χ1) is 24.4. The van der Waals surface area contributed by atoms with Gasteiger partial charge in [-0.2, -0.15) is 0 Å². The molecule has 6 aliphatic rings. The number of benzene rings is 1. The third kappa shape index (κ3) is 5.98. The van der Waals surface area contributed by atoms with Gasteiger partial charge >= 0.3 is 0 Å². The van der Waals surface area contributed by atoms with Gasteiger partial charge in [0, 0.05) is 43.3 Å². The molecule has 0 amide bonds. The van der Waals surface area contributed by atoms with E-state index in [9.17, 15) is 8.42 Å². The Hall–Kier alpha value is -1.74. The Balaban J connectivity index is 1.16. The van der Waals surface area contributed by atoms with Crippen molar-refractivity contribution in [1.29, 1.82) is 5.41 Å². The first kappa shape index (κ1) is 38.5. The highest BCUT2D eigenvalue weighted by molar-refractivity contribution is 7.91. The van der Waals surface area contributed by atoms with E-state index in [1.165, 1.54) is 62.5 Å². The SMILES string of the molecule is COC(=N)c1ccc(C2=CC[C@]3(C)[C@H]4CC[C@@H]5[C@H]6[C@H](C(C)N(C)C)CC[C@]6(NCCN6CCS(=O)(=O)CC6)CC[C@@]5(C)[C@]4(C)CC[C@H]3C2(C)C)cc1. The predicted molar refractivity (Wildman–Crippen MR) is 214 cm³/mol. The molecule has 0 spiro atoms. The highest BCUT2D eigenvalue weighted by atomic mass is 32.2. The van der Waals surface area contributed by atoms with Crippen LogP contribution >= 0.6 is 0 Å². The molecule has 1 heterocycles. The molecule has 1 aliphatic heterocycles. The summed E-state index contributed by atoms with van der Waals surface area (Å²) in [5, 5.41) is 12.4. The molecule has 10 atom stereocenters. The van der Waals surface area contributed by atoms with Crippen molar-refractivity contribution in [2.45, 2.75) is 111 Å². The van der Waals surface area contributed by atoms with E-state index in [0.717, 1.165) is 31.0 Å². The first-order valence-corrected chi connectivity index (χ1v) is 22.5. The molecule has 7 nitrogen and oxygen atoms in total. The zero-order chi connectivity index (χ0) is 37.5. The molecule has 52 heavy (non-hydrogen) atoms. The number of methoxy groups -OCH3 is 1. The fraction of sp³-hybridized carbons (Fsp3) is 0.795.